The fourth-order valence-corrected chi connectivity index (χ4v) is 10.4. The van der Waals surface area contributed by atoms with Crippen molar-refractivity contribution in [3.05, 3.63) is 23.3 Å². The van der Waals surface area contributed by atoms with Gasteiger partial charge < -0.3 is 4.74 Å². The number of unbranched alkanes of at least 4 members (excludes halogenated alkanes) is 1. The number of fused-ring (bicyclic) bond motifs is 7. The van der Waals surface area contributed by atoms with Gasteiger partial charge in [0.05, 0.1) is 17.6 Å². The lowest BCUT2D eigenvalue weighted by Gasteiger charge is -2.68. The molecule has 7 atom stereocenters. The Balaban J connectivity index is 1.64. The fourth-order valence-electron chi connectivity index (χ4n) is 10.4. The summed E-state index contributed by atoms with van der Waals surface area (Å²) in [6.45, 7) is 17.9. The Labute approximate surface area is 241 Å². The van der Waals surface area contributed by atoms with Crippen LogP contribution in [0.15, 0.2) is 23.3 Å². The molecule has 3 saturated carbocycles. The maximum Gasteiger partial charge on any atom is 0.312 e. The van der Waals surface area contributed by atoms with Gasteiger partial charge in [-0.3, -0.25) is 14.4 Å². The van der Waals surface area contributed by atoms with Crippen LogP contribution >= 0.6 is 0 Å². The molecule has 0 spiro atoms. The molecule has 5 nitrogen and oxygen atoms in total. The average Bonchev–Trinajstić information content (AvgIpc) is 2.87. The van der Waals surface area contributed by atoms with E-state index in [0.29, 0.717) is 6.61 Å². The highest BCUT2D eigenvalue weighted by Crippen LogP contribution is 2.74. The fraction of sp³-hybridized carbons (Fsp3) is 0.771. The molecule has 0 N–H and O–H groups in total. The molecule has 40 heavy (non-hydrogen) atoms. The van der Waals surface area contributed by atoms with Gasteiger partial charge in [0, 0.05) is 16.7 Å². The highest BCUT2D eigenvalue weighted by atomic mass is 16.5. The van der Waals surface area contributed by atoms with Crippen molar-refractivity contribution in [1.29, 1.82) is 5.26 Å². The van der Waals surface area contributed by atoms with Crippen LogP contribution in [0.3, 0.4) is 0 Å². The Kier molecular flexibility index (Phi) is 6.69. The minimum absolute atomic E-state index is 0.0294. The van der Waals surface area contributed by atoms with Gasteiger partial charge in [-0.25, -0.2) is 0 Å². The molecule has 5 rings (SSSR count). The SMILES string of the molecule is CCCCOC(=O)[C@]12CCC(C)(C)C[C@H]1[C@H]1C(=O)C=C3[C@@]4(C)C=C(C#N)C(=O)C(C)(C)[C@@H]4CC[C@@]3(C)[C@]1(C)CC2. The van der Waals surface area contributed by atoms with Gasteiger partial charge in [-0.2, -0.15) is 5.26 Å². The Morgan fingerprint density at radius 3 is 2.35 bits per heavy atom. The number of rotatable bonds is 4. The molecule has 0 aromatic rings. The van der Waals surface area contributed by atoms with Crippen LogP contribution in [0.2, 0.25) is 0 Å². The molecule has 5 aliphatic rings. The van der Waals surface area contributed by atoms with Gasteiger partial charge in [0.25, 0.3) is 0 Å². The monoisotopic (exact) mass is 547 g/mol. The first-order chi connectivity index (χ1) is 18.5. The van der Waals surface area contributed by atoms with E-state index in [2.05, 4.69) is 47.6 Å². The smallest absolute Gasteiger partial charge is 0.312 e. The standard InChI is InChI=1S/C35H49NO4/c1-9-10-17-40-29(39)35-15-13-30(2,3)20-23(35)27-24(37)18-26-32(6)19-22(21-36)28(38)31(4,5)25(32)11-12-33(26,7)34(27,8)14-16-35/h18-19,23,25,27H,9-17,20H2,1-8H3/t23-,25-,27-,32-,33+,34+,35-/m0/s1. The molecule has 0 bridgehead atoms. The molecule has 0 heterocycles. The Morgan fingerprint density at radius 2 is 1.70 bits per heavy atom. The molecule has 0 unspecified atom stereocenters. The van der Waals surface area contributed by atoms with Crippen LogP contribution in [0.5, 0.6) is 0 Å². The average molecular weight is 548 g/mol. The van der Waals surface area contributed by atoms with Gasteiger partial charge in [0.1, 0.15) is 6.07 Å². The summed E-state index contributed by atoms with van der Waals surface area (Å²) in [5.74, 6) is -0.298. The zero-order valence-corrected chi connectivity index (χ0v) is 26.0. The lowest BCUT2D eigenvalue weighted by Crippen LogP contribution is -2.66. The van der Waals surface area contributed by atoms with E-state index in [-0.39, 0.29) is 57.1 Å². The molecular weight excluding hydrogens is 498 g/mol. The lowest BCUT2D eigenvalue weighted by atomic mass is 9.34. The van der Waals surface area contributed by atoms with E-state index >= 15 is 0 Å². The number of carbonyl (C=O) groups excluding carboxylic acids is 3. The van der Waals surface area contributed by atoms with E-state index < -0.39 is 16.2 Å². The number of hydrogen-bond donors (Lipinski definition) is 0. The van der Waals surface area contributed by atoms with Crippen LogP contribution in [0.25, 0.3) is 0 Å². The summed E-state index contributed by atoms with van der Waals surface area (Å²) in [6, 6.07) is 2.19. The number of ether oxygens (including phenoxy) is 1. The lowest BCUT2D eigenvalue weighted by molar-refractivity contribution is -0.193. The predicted octanol–water partition coefficient (Wildman–Crippen LogP) is 7.55. The number of esters is 1. The van der Waals surface area contributed by atoms with Gasteiger partial charge in [0.15, 0.2) is 11.6 Å². The Bertz CT molecular complexity index is 1250. The summed E-state index contributed by atoms with van der Waals surface area (Å²) in [4.78, 5) is 41.7. The number of ketones is 2. The minimum atomic E-state index is -0.672. The molecule has 0 saturated heterocycles. The molecule has 0 aromatic heterocycles. The van der Waals surface area contributed by atoms with Crippen LogP contribution in [-0.4, -0.2) is 24.1 Å². The van der Waals surface area contributed by atoms with Crippen molar-refractivity contribution in [2.75, 3.05) is 6.61 Å². The van der Waals surface area contributed by atoms with Gasteiger partial charge >= 0.3 is 5.97 Å². The first-order valence-corrected chi connectivity index (χ1v) is 15.7. The molecule has 0 aliphatic heterocycles. The van der Waals surface area contributed by atoms with Crippen molar-refractivity contribution < 1.29 is 19.1 Å². The second kappa shape index (κ2) is 9.14. The summed E-state index contributed by atoms with van der Waals surface area (Å²) in [5.41, 5.74) is -1.03. The van der Waals surface area contributed by atoms with Crippen LogP contribution in [0.4, 0.5) is 0 Å². The summed E-state index contributed by atoms with van der Waals surface area (Å²) in [7, 11) is 0. The maximum atomic E-state index is 14.5. The van der Waals surface area contributed by atoms with Crippen molar-refractivity contribution in [3.63, 3.8) is 0 Å². The van der Waals surface area contributed by atoms with Crippen molar-refractivity contribution in [2.45, 2.75) is 113 Å². The zero-order chi connectivity index (χ0) is 29.5. The predicted molar refractivity (Wildman–Crippen MR) is 155 cm³/mol. The quantitative estimate of drug-likeness (QED) is 0.268. The largest absolute Gasteiger partial charge is 0.465 e. The number of hydrogen-bond acceptors (Lipinski definition) is 5. The number of allylic oxidation sites excluding steroid dienone is 4. The first-order valence-electron chi connectivity index (χ1n) is 15.7. The van der Waals surface area contributed by atoms with E-state index in [9.17, 15) is 19.6 Å². The van der Waals surface area contributed by atoms with Crippen molar-refractivity contribution in [1.82, 2.24) is 0 Å². The molecule has 5 aliphatic carbocycles. The van der Waals surface area contributed by atoms with Gasteiger partial charge in [0.2, 0.25) is 0 Å². The molecular formula is C35H49NO4. The van der Waals surface area contributed by atoms with Crippen LogP contribution < -0.4 is 0 Å². The zero-order valence-electron chi connectivity index (χ0n) is 26.0. The molecule has 0 radical (unpaired) electrons. The van der Waals surface area contributed by atoms with Crippen molar-refractivity contribution >= 4 is 17.5 Å². The van der Waals surface area contributed by atoms with Crippen molar-refractivity contribution in [2.24, 2.45) is 50.2 Å². The molecule has 0 aromatic carbocycles. The van der Waals surface area contributed by atoms with Crippen molar-refractivity contribution in [3.8, 4) is 6.07 Å². The first kappa shape index (κ1) is 29.3. The summed E-state index contributed by atoms with van der Waals surface area (Å²) in [6.07, 6.45) is 11.6. The van der Waals surface area contributed by atoms with E-state index in [1.54, 1.807) is 0 Å². The van der Waals surface area contributed by atoms with Gasteiger partial charge in [-0.1, -0.05) is 73.5 Å². The minimum Gasteiger partial charge on any atom is -0.465 e. The van der Waals surface area contributed by atoms with E-state index in [4.69, 9.17) is 4.74 Å². The number of nitrogens with zero attached hydrogens (tertiary/aromatic N) is 1. The summed E-state index contributed by atoms with van der Waals surface area (Å²) >= 11 is 0. The highest BCUT2D eigenvalue weighted by Gasteiger charge is 2.71. The number of carbonyl (C=O) groups is 3. The third kappa shape index (κ3) is 3.73. The van der Waals surface area contributed by atoms with Gasteiger partial charge in [-0.05, 0) is 85.5 Å². The normalized spacial score (nSPS) is 43.1. The second-order valence-corrected chi connectivity index (χ2v) is 15.9. The summed E-state index contributed by atoms with van der Waals surface area (Å²) in [5, 5.41) is 9.92. The molecule has 5 heteroatoms. The third-order valence-corrected chi connectivity index (χ3v) is 13.0. The summed E-state index contributed by atoms with van der Waals surface area (Å²) < 4.78 is 5.94. The van der Waals surface area contributed by atoms with Crippen LogP contribution in [0.1, 0.15) is 113 Å². The molecule has 0 amide bonds. The number of Topliss-reactive ketones (excluding diaryl/α,β-unsaturated/α-hetero) is 1. The topological polar surface area (TPSA) is 84.2 Å². The third-order valence-electron chi connectivity index (χ3n) is 13.0. The second-order valence-electron chi connectivity index (χ2n) is 15.9. The Hall–Kier alpha value is -2.22. The molecule has 3 fully saturated rings. The maximum absolute atomic E-state index is 14.5. The van der Waals surface area contributed by atoms with Crippen LogP contribution in [0, 0.1) is 61.6 Å². The number of nitriles is 1. The van der Waals surface area contributed by atoms with E-state index in [0.717, 1.165) is 63.4 Å². The van der Waals surface area contributed by atoms with Crippen LogP contribution in [-0.2, 0) is 19.1 Å². The van der Waals surface area contributed by atoms with Gasteiger partial charge in [-0.15, -0.1) is 0 Å². The Morgan fingerprint density at radius 1 is 1.02 bits per heavy atom. The van der Waals surface area contributed by atoms with E-state index in [1.165, 1.54) is 0 Å². The molecule has 218 valence electrons. The van der Waals surface area contributed by atoms with E-state index in [1.807, 2.05) is 26.0 Å². The highest BCUT2D eigenvalue weighted by molar-refractivity contribution is 6.04.